The molecule has 2 aliphatic rings. The second-order valence-electron chi connectivity index (χ2n) is 5.81. The molecule has 0 radical (unpaired) electrons. The summed E-state index contributed by atoms with van der Waals surface area (Å²) in [5.74, 6) is -0.731. The van der Waals surface area contributed by atoms with Gasteiger partial charge < -0.3 is 10.6 Å². The number of nitrogens with one attached hydrogen (secondary N) is 2. The van der Waals surface area contributed by atoms with Crippen LogP contribution in [0.3, 0.4) is 0 Å². The van der Waals surface area contributed by atoms with Crippen LogP contribution in [0.15, 0.2) is 24.3 Å². The van der Waals surface area contributed by atoms with Gasteiger partial charge in [0.2, 0.25) is 0 Å². The van der Waals surface area contributed by atoms with Crippen LogP contribution in [0.5, 0.6) is 0 Å². The first-order chi connectivity index (χ1) is 11.4. The molecule has 0 bridgehead atoms. The summed E-state index contributed by atoms with van der Waals surface area (Å²) < 4.78 is 22.7. The second kappa shape index (κ2) is 6.23. The first-order valence-corrected chi connectivity index (χ1v) is 9.39. The molecule has 8 nitrogen and oxygen atoms in total. The zero-order chi connectivity index (χ0) is 17.3. The van der Waals surface area contributed by atoms with Crippen LogP contribution in [0.2, 0.25) is 0 Å². The molecule has 1 fully saturated rings. The Balaban J connectivity index is 1.48. The number of hydrogen-bond donors (Lipinski definition) is 2. The highest BCUT2D eigenvalue weighted by atomic mass is 32.2. The Morgan fingerprint density at radius 2 is 1.79 bits per heavy atom. The Morgan fingerprint density at radius 3 is 2.33 bits per heavy atom. The fourth-order valence-electron chi connectivity index (χ4n) is 2.87. The van der Waals surface area contributed by atoms with Gasteiger partial charge in [0.05, 0.1) is 22.6 Å². The minimum Gasteiger partial charge on any atom is -0.336 e. The van der Waals surface area contributed by atoms with Crippen molar-refractivity contribution in [3.8, 4) is 0 Å². The van der Waals surface area contributed by atoms with Crippen LogP contribution in [0.25, 0.3) is 0 Å². The van der Waals surface area contributed by atoms with Gasteiger partial charge in [-0.3, -0.25) is 14.5 Å². The number of amides is 4. The molecule has 1 atom stereocenters. The van der Waals surface area contributed by atoms with Crippen molar-refractivity contribution in [2.24, 2.45) is 0 Å². The molecule has 9 heteroatoms. The lowest BCUT2D eigenvalue weighted by Gasteiger charge is -2.16. The zero-order valence-electron chi connectivity index (χ0n) is 12.8. The Morgan fingerprint density at radius 1 is 1.17 bits per heavy atom. The molecule has 4 amide bonds. The molecule has 0 aliphatic carbocycles. The molecule has 2 heterocycles. The van der Waals surface area contributed by atoms with Crippen LogP contribution in [0, 0.1) is 0 Å². The van der Waals surface area contributed by atoms with Crippen molar-refractivity contribution in [3.63, 3.8) is 0 Å². The molecule has 24 heavy (non-hydrogen) atoms. The number of benzene rings is 1. The van der Waals surface area contributed by atoms with Gasteiger partial charge in [-0.2, -0.15) is 0 Å². The normalized spacial score (nSPS) is 21.7. The number of carbonyl (C=O) groups excluding carboxylic acids is 3. The Hall–Kier alpha value is -2.42. The summed E-state index contributed by atoms with van der Waals surface area (Å²) in [6, 6.07) is 5.67. The lowest BCUT2D eigenvalue weighted by molar-refractivity contribution is 0.0655. The van der Waals surface area contributed by atoms with E-state index in [0.717, 1.165) is 4.90 Å². The highest BCUT2D eigenvalue weighted by molar-refractivity contribution is 7.91. The SMILES string of the molecule is O=C(NCCN1C(=O)c2ccccc2C1=O)NC1CCS(=O)(=O)C1. The molecule has 1 aromatic carbocycles. The van der Waals surface area contributed by atoms with Gasteiger partial charge in [0, 0.05) is 19.1 Å². The summed E-state index contributed by atoms with van der Waals surface area (Å²) in [6.45, 7) is 0.152. The molecule has 128 valence electrons. The molecule has 0 aromatic heterocycles. The summed E-state index contributed by atoms with van der Waals surface area (Å²) in [7, 11) is -3.06. The topological polar surface area (TPSA) is 113 Å². The lowest BCUT2D eigenvalue weighted by Crippen LogP contribution is -2.45. The van der Waals surface area contributed by atoms with E-state index in [9.17, 15) is 22.8 Å². The Labute approximate surface area is 139 Å². The third kappa shape index (κ3) is 3.25. The molecule has 0 saturated carbocycles. The number of imide groups is 1. The number of hydrogen-bond acceptors (Lipinski definition) is 5. The molecule has 2 aliphatic heterocycles. The van der Waals surface area contributed by atoms with Crippen LogP contribution >= 0.6 is 0 Å². The van der Waals surface area contributed by atoms with Crippen molar-refractivity contribution < 1.29 is 22.8 Å². The number of sulfone groups is 1. The fourth-order valence-corrected chi connectivity index (χ4v) is 4.54. The highest BCUT2D eigenvalue weighted by Crippen LogP contribution is 2.21. The van der Waals surface area contributed by atoms with Crippen LogP contribution in [-0.4, -0.2) is 61.8 Å². The summed E-state index contributed by atoms with van der Waals surface area (Å²) in [6.07, 6.45) is 0.397. The third-order valence-electron chi connectivity index (χ3n) is 4.07. The zero-order valence-corrected chi connectivity index (χ0v) is 13.6. The van der Waals surface area contributed by atoms with Crippen molar-refractivity contribution in [1.29, 1.82) is 0 Å². The van der Waals surface area contributed by atoms with E-state index in [1.54, 1.807) is 24.3 Å². The molecule has 3 rings (SSSR count). The summed E-state index contributed by atoms with van der Waals surface area (Å²) in [4.78, 5) is 37.1. The fraction of sp³-hybridized carbons (Fsp3) is 0.400. The summed E-state index contributed by atoms with van der Waals surface area (Å²) in [5, 5.41) is 5.12. The van der Waals surface area contributed by atoms with Crippen LogP contribution in [0.4, 0.5) is 4.79 Å². The lowest BCUT2D eigenvalue weighted by atomic mass is 10.1. The van der Waals surface area contributed by atoms with Gasteiger partial charge in [-0.05, 0) is 18.6 Å². The van der Waals surface area contributed by atoms with Crippen molar-refractivity contribution >= 4 is 27.7 Å². The molecule has 1 unspecified atom stereocenters. The number of carbonyl (C=O) groups is 3. The van der Waals surface area contributed by atoms with Crippen molar-refractivity contribution in [3.05, 3.63) is 35.4 Å². The van der Waals surface area contributed by atoms with Crippen LogP contribution < -0.4 is 10.6 Å². The quantitative estimate of drug-likeness (QED) is 0.728. The average Bonchev–Trinajstić information content (AvgIpc) is 2.99. The van der Waals surface area contributed by atoms with Gasteiger partial charge in [0.25, 0.3) is 11.8 Å². The first-order valence-electron chi connectivity index (χ1n) is 7.57. The summed E-state index contributed by atoms with van der Waals surface area (Å²) in [5.41, 5.74) is 0.728. The van der Waals surface area contributed by atoms with Gasteiger partial charge in [-0.1, -0.05) is 12.1 Å². The minimum absolute atomic E-state index is 0.0567. The maximum absolute atomic E-state index is 12.1. The van der Waals surface area contributed by atoms with E-state index in [2.05, 4.69) is 10.6 Å². The number of rotatable bonds is 4. The predicted octanol–water partition coefficient (Wildman–Crippen LogP) is -0.231. The number of fused-ring (bicyclic) bond motifs is 1. The number of nitrogens with zero attached hydrogens (tertiary/aromatic N) is 1. The van der Waals surface area contributed by atoms with E-state index in [4.69, 9.17) is 0 Å². The smallest absolute Gasteiger partial charge is 0.315 e. The molecule has 1 aromatic rings. The molecular formula is C15H17N3O5S. The van der Waals surface area contributed by atoms with Gasteiger partial charge in [-0.15, -0.1) is 0 Å². The number of urea groups is 1. The van der Waals surface area contributed by atoms with E-state index < -0.39 is 21.9 Å². The second-order valence-corrected chi connectivity index (χ2v) is 8.04. The predicted molar refractivity (Wildman–Crippen MR) is 85.4 cm³/mol. The van der Waals surface area contributed by atoms with Crippen molar-refractivity contribution in [2.75, 3.05) is 24.6 Å². The summed E-state index contributed by atoms with van der Waals surface area (Å²) >= 11 is 0. The highest BCUT2D eigenvalue weighted by Gasteiger charge is 2.34. The molecule has 0 spiro atoms. The Kier molecular flexibility index (Phi) is 4.27. The largest absolute Gasteiger partial charge is 0.336 e. The van der Waals surface area contributed by atoms with Crippen molar-refractivity contribution in [1.82, 2.24) is 15.5 Å². The van der Waals surface area contributed by atoms with Crippen LogP contribution in [-0.2, 0) is 9.84 Å². The van der Waals surface area contributed by atoms with Gasteiger partial charge in [0.15, 0.2) is 9.84 Å². The average molecular weight is 351 g/mol. The van der Waals surface area contributed by atoms with Crippen molar-refractivity contribution in [2.45, 2.75) is 12.5 Å². The van der Waals surface area contributed by atoms with E-state index in [1.165, 1.54) is 0 Å². The monoisotopic (exact) mass is 351 g/mol. The van der Waals surface area contributed by atoms with Crippen LogP contribution in [0.1, 0.15) is 27.1 Å². The van der Waals surface area contributed by atoms with E-state index >= 15 is 0 Å². The van der Waals surface area contributed by atoms with E-state index in [-0.39, 0.29) is 36.4 Å². The van der Waals surface area contributed by atoms with Gasteiger partial charge >= 0.3 is 6.03 Å². The molecule has 1 saturated heterocycles. The maximum atomic E-state index is 12.1. The maximum Gasteiger partial charge on any atom is 0.315 e. The van der Waals surface area contributed by atoms with Gasteiger partial charge in [0.1, 0.15) is 0 Å². The standard InChI is InChI=1S/C15H17N3O5S/c19-13-11-3-1-2-4-12(11)14(20)18(13)7-6-16-15(21)17-10-5-8-24(22,23)9-10/h1-4,10H,5-9H2,(H2,16,17,21). The minimum atomic E-state index is -3.06. The van der Waals surface area contributed by atoms with Gasteiger partial charge in [-0.25, -0.2) is 13.2 Å². The van der Waals surface area contributed by atoms with E-state index in [0.29, 0.717) is 17.5 Å². The third-order valence-corrected chi connectivity index (χ3v) is 5.83. The first kappa shape index (κ1) is 16.4. The molecular weight excluding hydrogens is 334 g/mol. The molecule has 2 N–H and O–H groups in total. The Bertz CT molecular complexity index is 770. The van der Waals surface area contributed by atoms with E-state index in [1.807, 2.05) is 0 Å².